The lowest BCUT2D eigenvalue weighted by molar-refractivity contribution is -0.130. The molecule has 0 spiro atoms. The van der Waals surface area contributed by atoms with Crippen LogP contribution in [-0.4, -0.2) is 48.3 Å². The Morgan fingerprint density at radius 1 is 1.38 bits per heavy atom. The van der Waals surface area contributed by atoms with Crippen LogP contribution in [0.3, 0.4) is 0 Å². The fourth-order valence-corrected chi connectivity index (χ4v) is 1.23. The molecule has 0 bridgehead atoms. The number of urea groups is 1. The van der Waals surface area contributed by atoms with Crippen molar-refractivity contribution in [2.45, 2.75) is 0 Å². The van der Waals surface area contributed by atoms with Crippen molar-refractivity contribution >= 4 is 17.8 Å². The molecule has 1 rings (SSSR count). The summed E-state index contributed by atoms with van der Waals surface area (Å²) >= 11 is 0. The van der Waals surface area contributed by atoms with Crippen molar-refractivity contribution in [3.05, 3.63) is 24.4 Å². The Bertz CT molecular complexity index is 385. The number of barbiturate groups is 1. The van der Waals surface area contributed by atoms with Gasteiger partial charge in [0.15, 0.2) is 0 Å². The van der Waals surface area contributed by atoms with Crippen molar-refractivity contribution in [3.8, 4) is 0 Å². The molecule has 0 aromatic carbocycles. The number of rotatable bonds is 3. The number of nitrogens with one attached hydrogen (secondary N) is 1. The van der Waals surface area contributed by atoms with Crippen LogP contribution in [0.5, 0.6) is 0 Å². The summed E-state index contributed by atoms with van der Waals surface area (Å²) in [5, 5.41) is 2.08. The third kappa shape index (κ3) is 2.28. The molecule has 6 nitrogen and oxygen atoms in total. The van der Waals surface area contributed by atoms with Crippen LogP contribution in [0.1, 0.15) is 0 Å². The van der Waals surface area contributed by atoms with E-state index in [1.165, 1.54) is 12.3 Å². The van der Waals surface area contributed by atoms with Gasteiger partial charge >= 0.3 is 6.03 Å². The number of carbonyl (C=O) groups is 3. The fourth-order valence-electron chi connectivity index (χ4n) is 1.23. The largest absolute Gasteiger partial charge is 0.383 e. The summed E-state index contributed by atoms with van der Waals surface area (Å²) in [7, 11) is 3.36. The van der Waals surface area contributed by atoms with E-state index >= 15 is 0 Å². The molecule has 0 atom stereocenters. The SMILES string of the molecule is C=CCN1C(=O)NC(=O)C(=CN(C)C)C1=O. The van der Waals surface area contributed by atoms with Gasteiger partial charge in [-0.15, -0.1) is 6.58 Å². The highest BCUT2D eigenvalue weighted by Gasteiger charge is 2.35. The van der Waals surface area contributed by atoms with E-state index in [-0.39, 0.29) is 12.1 Å². The standard InChI is InChI=1S/C10H13N3O3/c1-4-5-13-9(15)7(6-12(2)3)8(14)11-10(13)16/h4,6H,1,5H2,2-3H3,(H,11,14,16). The van der Waals surface area contributed by atoms with E-state index in [9.17, 15) is 14.4 Å². The molecule has 1 fully saturated rings. The topological polar surface area (TPSA) is 69.7 Å². The molecule has 6 heteroatoms. The second-order valence-corrected chi connectivity index (χ2v) is 3.47. The zero-order chi connectivity index (χ0) is 12.3. The molecule has 1 aliphatic rings. The van der Waals surface area contributed by atoms with Crippen molar-refractivity contribution in [2.75, 3.05) is 20.6 Å². The van der Waals surface area contributed by atoms with E-state index in [1.807, 2.05) is 0 Å². The van der Waals surface area contributed by atoms with Gasteiger partial charge in [0, 0.05) is 26.8 Å². The predicted octanol–water partition coefficient (Wildman–Crippen LogP) is -0.304. The summed E-state index contributed by atoms with van der Waals surface area (Å²) in [6.45, 7) is 3.51. The summed E-state index contributed by atoms with van der Waals surface area (Å²) in [5.74, 6) is -1.29. The highest BCUT2D eigenvalue weighted by atomic mass is 16.2. The van der Waals surface area contributed by atoms with E-state index in [2.05, 4.69) is 11.9 Å². The first-order chi connectivity index (χ1) is 7.47. The molecule has 4 amide bonds. The Morgan fingerprint density at radius 2 is 2.00 bits per heavy atom. The molecule has 0 aliphatic carbocycles. The van der Waals surface area contributed by atoms with Gasteiger partial charge in [0.05, 0.1) is 0 Å². The summed E-state index contributed by atoms with van der Waals surface area (Å²) in [5.41, 5.74) is -0.0635. The molecule has 86 valence electrons. The number of imide groups is 2. The van der Waals surface area contributed by atoms with Gasteiger partial charge in [0.1, 0.15) is 5.57 Å². The van der Waals surface area contributed by atoms with Crippen LogP contribution in [0.2, 0.25) is 0 Å². The maximum absolute atomic E-state index is 11.8. The average molecular weight is 223 g/mol. The minimum Gasteiger partial charge on any atom is -0.383 e. The third-order valence-corrected chi connectivity index (χ3v) is 1.88. The van der Waals surface area contributed by atoms with Crippen molar-refractivity contribution in [1.82, 2.24) is 15.1 Å². The van der Waals surface area contributed by atoms with Gasteiger partial charge in [-0.3, -0.25) is 19.8 Å². The van der Waals surface area contributed by atoms with Gasteiger partial charge in [0.25, 0.3) is 11.8 Å². The first-order valence-electron chi connectivity index (χ1n) is 4.63. The van der Waals surface area contributed by atoms with Crippen molar-refractivity contribution in [3.63, 3.8) is 0 Å². The lowest BCUT2D eigenvalue weighted by atomic mass is 10.2. The zero-order valence-corrected chi connectivity index (χ0v) is 9.19. The highest BCUT2D eigenvalue weighted by Crippen LogP contribution is 2.09. The van der Waals surface area contributed by atoms with Crippen molar-refractivity contribution in [1.29, 1.82) is 0 Å². The lowest BCUT2D eigenvalue weighted by Crippen LogP contribution is -2.54. The maximum Gasteiger partial charge on any atom is 0.331 e. The van der Waals surface area contributed by atoms with Crippen LogP contribution in [-0.2, 0) is 9.59 Å². The number of hydrogen-bond acceptors (Lipinski definition) is 4. The molecule has 1 N–H and O–H groups in total. The molecule has 1 aliphatic heterocycles. The molecule has 16 heavy (non-hydrogen) atoms. The van der Waals surface area contributed by atoms with Crippen molar-refractivity contribution < 1.29 is 14.4 Å². The number of hydrogen-bond donors (Lipinski definition) is 1. The van der Waals surface area contributed by atoms with Crippen LogP contribution in [0.15, 0.2) is 24.4 Å². The fraction of sp³-hybridized carbons (Fsp3) is 0.300. The monoisotopic (exact) mass is 223 g/mol. The average Bonchev–Trinajstić information content (AvgIpc) is 2.19. The van der Waals surface area contributed by atoms with E-state index in [0.29, 0.717) is 0 Å². The number of nitrogens with zero attached hydrogens (tertiary/aromatic N) is 2. The normalized spacial score (nSPS) is 18.8. The molecule has 0 radical (unpaired) electrons. The molecule has 1 saturated heterocycles. The van der Waals surface area contributed by atoms with Gasteiger partial charge in [0.2, 0.25) is 0 Å². The second-order valence-electron chi connectivity index (χ2n) is 3.47. The smallest absolute Gasteiger partial charge is 0.331 e. The third-order valence-electron chi connectivity index (χ3n) is 1.88. The molecular formula is C10H13N3O3. The van der Waals surface area contributed by atoms with E-state index in [4.69, 9.17) is 0 Å². The molecule has 1 heterocycles. The minimum atomic E-state index is -0.717. The Morgan fingerprint density at radius 3 is 2.50 bits per heavy atom. The summed E-state index contributed by atoms with van der Waals surface area (Å²) in [4.78, 5) is 37.0. The van der Waals surface area contributed by atoms with Gasteiger partial charge in [-0.2, -0.15) is 0 Å². The number of amides is 4. The van der Waals surface area contributed by atoms with Crippen LogP contribution >= 0.6 is 0 Å². The van der Waals surface area contributed by atoms with E-state index < -0.39 is 17.8 Å². The van der Waals surface area contributed by atoms with Crippen LogP contribution in [0.4, 0.5) is 4.79 Å². The number of carbonyl (C=O) groups excluding carboxylic acids is 3. The van der Waals surface area contributed by atoms with E-state index in [1.54, 1.807) is 19.0 Å². The minimum absolute atomic E-state index is 0.0635. The van der Waals surface area contributed by atoms with Gasteiger partial charge in [-0.1, -0.05) is 6.08 Å². The second kappa shape index (κ2) is 4.61. The lowest BCUT2D eigenvalue weighted by Gasteiger charge is -2.25. The molecular weight excluding hydrogens is 210 g/mol. The summed E-state index contributed by atoms with van der Waals surface area (Å²) < 4.78 is 0. The Balaban J connectivity index is 3.03. The predicted molar refractivity (Wildman–Crippen MR) is 57.2 cm³/mol. The molecule has 0 saturated carbocycles. The maximum atomic E-state index is 11.8. The quantitative estimate of drug-likeness (QED) is 0.405. The highest BCUT2D eigenvalue weighted by molar-refractivity contribution is 6.28. The first kappa shape index (κ1) is 12.0. The zero-order valence-electron chi connectivity index (χ0n) is 9.19. The summed E-state index contributed by atoms with van der Waals surface area (Å²) in [6.07, 6.45) is 2.79. The van der Waals surface area contributed by atoms with Gasteiger partial charge in [-0.25, -0.2) is 4.79 Å². The Kier molecular flexibility index (Phi) is 3.44. The van der Waals surface area contributed by atoms with Crippen molar-refractivity contribution in [2.24, 2.45) is 0 Å². The van der Waals surface area contributed by atoms with Crippen LogP contribution in [0, 0.1) is 0 Å². The Labute approximate surface area is 93.2 Å². The van der Waals surface area contributed by atoms with Gasteiger partial charge in [-0.05, 0) is 0 Å². The van der Waals surface area contributed by atoms with E-state index in [0.717, 1.165) is 4.90 Å². The van der Waals surface area contributed by atoms with Crippen LogP contribution in [0.25, 0.3) is 0 Å². The van der Waals surface area contributed by atoms with Crippen LogP contribution < -0.4 is 5.32 Å². The molecule has 0 aromatic heterocycles. The molecule has 0 aromatic rings. The summed E-state index contributed by atoms with van der Waals surface area (Å²) in [6, 6.07) is -0.717. The Hall–Kier alpha value is -2.11. The first-order valence-corrected chi connectivity index (χ1v) is 4.63. The van der Waals surface area contributed by atoms with Gasteiger partial charge < -0.3 is 4.90 Å². The molecule has 0 unspecified atom stereocenters.